The Labute approximate surface area is 175 Å². The quantitative estimate of drug-likeness (QED) is 0.608. The standard InChI is InChI=1S/C23H27N3O2S/c27-22(16-28-17-23-25-20-6-2-3-7-21(20)29-23)24-14-18-8-10-19(11-9-18)15-26-12-4-1-5-13-26/h2-3,6-11H,1,4-5,12-17H2,(H,24,27). The number of benzene rings is 2. The lowest BCUT2D eigenvalue weighted by molar-refractivity contribution is -0.126. The monoisotopic (exact) mass is 409 g/mol. The number of nitrogens with zero attached hydrogens (tertiary/aromatic N) is 2. The van der Waals surface area contributed by atoms with Crippen molar-refractivity contribution in [1.29, 1.82) is 0 Å². The van der Waals surface area contributed by atoms with Gasteiger partial charge in [-0.05, 0) is 49.2 Å². The predicted octanol–water partition coefficient (Wildman–Crippen LogP) is 4.12. The molecule has 0 atom stereocenters. The summed E-state index contributed by atoms with van der Waals surface area (Å²) < 4.78 is 6.67. The minimum atomic E-state index is -0.108. The van der Waals surface area contributed by atoms with Gasteiger partial charge in [0.1, 0.15) is 11.6 Å². The highest BCUT2D eigenvalue weighted by Crippen LogP contribution is 2.21. The van der Waals surface area contributed by atoms with Crippen LogP contribution in [0, 0.1) is 0 Å². The van der Waals surface area contributed by atoms with Crippen molar-refractivity contribution in [1.82, 2.24) is 15.2 Å². The van der Waals surface area contributed by atoms with E-state index >= 15 is 0 Å². The summed E-state index contributed by atoms with van der Waals surface area (Å²) in [6.45, 7) is 4.35. The molecule has 3 aromatic rings. The summed E-state index contributed by atoms with van der Waals surface area (Å²) in [7, 11) is 0. The summed E-state index contributed by atoms with van der Waals surface area (Å²) in [5.74, 6) is -0.108. The van der Waals surface area contributed by atoms with Crippen LogP contribution in [0.25, 0.3) is 10.2 Å². The average molecular weight is 410 g/mol. The molecule has 0 bridgehead atoms. The number of ether oxygens (including phenoxy) is 1. The highest BCUT2D eigenvalue weighted by atomic mass is 32.1. The summed E-state index contributed by atoms with van der Waals surface area (Å²) in [6, 6.07) is 16.5. The van der Waals surface area contributed by atoms with Gasteiger partial charge in [-0.1, -0.05) is 42.8 Å². The third-order valence-electron chi connectivity index (χ3n) is 5.16. The van der Waals surface area contributed by atoms with Crippen molar-refractivity contribution in [3.63, 3.8) is 0 Å². The van der Waals surface area contributed by atoms with Crippen LogP contribution in [0.2, 0.25) is 0 Å². The van der Waals surface area contributed by atoms with E-state index in [-0.39, 0.29) is 12.5 Å². The molecule has 152 valence electrons. The molecule has 0 aliphatic carbocycles. The SMILES string of the molecule is O=C(COCc1nc2ccccc2s1)NCc1ccc(CN2CCCCC2)cc1. The lowest BCUT2D eigenvalue weighted by Gasteiger charge is -2.26. The topological polar surface area (TPSA) is 54.5 Å². The molecule has 6 heteroatoms. The van der Waals surface area contributed by atoms with E-state index < -0.39 is 0 Å². The number of thiazole rings is 1. The number of piperidine rings is 1. The van der Waals surface area contributed by atoms with Crippen LogP contribution in [-0.4, -0.2) is 35.5 Å². The number of likely N-dealkylation sites (tertiary alicyclic amines) is 1. The molecule has 29 heavy (non-hydrogen) atoms. The maximum atomic E-state index is 12.0. The Morgan fingerprint density at radius 2 is 1.79 bits per heavy atom. The number of carbonyl (C=O) groups is 1. The number of amides is 1. The van der Waals surface area contributed by atoms with Crippen molar-refractivity contribution < 1.29 is 9.53 Å². The first-order chi connectivity index (χ1) is 14.3. The number of para-hydroxylation sites is 1. The summed E-state index contributed by atoms with van der Waals surface area (Å²) in [6.07, 6.45) is 3.98. The van der Waals surface area contributed by atoms with Gasteiger partial charge in [-0.2, -0.15) is 0 Å². The van der Waals surface area contributed by atoms with E-state index in [2.05, 4.69) is 39.5 Å². The molecular weight excluding hydrogens is 382 g/mol. The second-order valence-corrected chi connectivity index (χ2v) is 8.61. The van der Waals surface area contributed by atoms with Crippen LogP contribution in [-0.2, 0) is 29.2 Å². The van der Waals surface area contributed by atoms with Crippen LogP contribution in [0.3, 0.4) is 0 Å². The Kier molecular flexibility index (Phi) is 6.87. The number of hydrogen-bond acceptors (Lipinski definition) is 5. The molecular formula is C23H27N3O2S. The van der Waals surface area contributed by atoms with Crippen LogP contribution in [0.4, 0.5) is 0 Å². The fourth-order valence-electron chi connectivity index (χ4n) is 3.60. The summed E-state index contributed by atoms with van der Waals surface area (Å²) >= 11 is 1.60. The zero-order valence-electron chi connectivity index (χ0n) is 16.6. The van der Waals surface area contributed by atoms with Crippen LogP contribution < -0.4 is 5.32 Å². The number of aromatic nitrogens is 1. The Bertz CT molecular complexity index is 900. The summed E-state index contributed by atoms with van der Waals surface area (Å²) in [5.41, 5.74) is 3.41. The molecule has 1 aliphatic rings. The normalized spacial score (nSPS) is 14.9. The van der Waals surface area contributed by atoms with Gasteiger partial charge in [-0.15, -0.1) is 11.3 Å². The molecule has 2 heterocycles. The minimum absolute atomic E-state index is 0.0446. The lowest BCUT2D eigenvalue weighted by Crippen LogP contribution is -2.29. The van der Waals surface area contributed by atoms with Gasteiger partial charge in [0.25, 0.3) is 0 Å². The Balaban J connectivity index is 1.17. The van der Waals surface area contributed by atoms with E-state index in [4.69, 9.17) is 4.74 Å². The van der Waals surface area contributed by atoms with E-state index in [1.807, 2.05) is 24.3 Å². The molecule has 1 aliphatic heterocycles. The molecule has 2 aromatic carbocycles. The van der Waals surface area contributed by atoms with Crippen molar-refractivity contribution in [2.45, 2.75) is 39.0 Å². The van der Waals surface area contributed by atoms with Crippen LogP contribution in [0.1, 0.15) is 35.4 Å². The van der Waals surface area contributed by atoms with Gasteiger partial charge in [0.2, 0.25) is 5.91 Å². The molecule has 0 saturated carbocycles. The van der Waals surface area contributed by atoms with Gasteiger partial charge in [0, 0.05) is 13.1 Å². The fourth-order valence-corrected chi connectivity index (χ4v) is 4.51. The molecule has 1 N–H and O–H groups in total. The van der Waals surface area contributed by atoms with Crippen LogP contribution in [0.5, 0.6) is 0 Å². The van der Waals surface area contributed by atoms with E-state index in [0.29, 0.717) is 13.2 Å². The maximum Gasteiger partial charge on any atom is 0.246 e. The zero-order valence-corrected chi connectivity index (χ0v) is 17.4. The van der Waals surface area contributed by atoms with Gasteiger partial charge in [-0.25, -0.2) is 4.98 Å². The van der Waals surface area contributed by atoms with E-state index in [9.17, 15) is 4.79 Å². The fraction of sp³-hybridized carbons (Fsp3) is 0.391. The molecule has 0 radical (unpaired) electrons. The van der Waals surface area contributed by atoms with Crippen LogP contribution >= 0.6 is 11.3 Å². The molecule has 4 rings (SSSR count). The van der Waals surface area contributed by atoms with Gasteiger partial charge in [-0.3, -0.25) is 9.69 Å². The number of rotatable bonds is 8. The van der Waals surface area contributed by atoms with E-state index in [0.717, 1.165) is 27.3 Å². The van der Waals surface area contributed by atoms with Crippen molar-refractivity contribution in [2.24, 2.45) is 0 Å². The van der Waals surface area contributed by atoms with Gasteiger partial charge in [0.05, 0.1) is 16.8 Å². The first-order valence-corrected chi connectivity index (χ1v) is 11.1. The first kappa shape index (κ1) is 20.0. The first-order valence-electron chi connectivity index (χ1n) is 10.3. The largest absolute Gasteiger partial charge is 0.364 e. The number of fused-ring (bicyclic) bond motifs is 1. The average Bonchev–Trinajstić information content (AvgIpc) is 3.17. The third kappa shape index (κ3) is 5.85. The number of nitrogens with one attached hydrogen (secondary N) is 1. The number of hydrogen-bond donors (Lipinski definition) is 1. The number of carbonyl (C=O) groups excluding carboxylic acids is 1. The van der Waals surface area contributed by atoms with Crippen molar-refractivity contribution in [3.05, 3.63) is 64.7 Å². The van der Waals surface area contributed by atoms with Crippen LogP contribution in [0.15, 0.2) is 48.5 Å². The Hall–Kier alpha value is -2.28. The lowest BCUT2D eigenvalue weighted by atomic mass is 10.1. The summed E-state index contributed by atoms with van der Waals surface area (Å²) in [4.78, 5) is 19.1. The van der Waals surface area contributed by atoms with Gasteiger partial charge < -0.3 is 10.1 Å². The minimum Gasteiger partial charge on any atom is -0.364 e. The van der Waals surface area contributed by atoms with E-state index in [1.165, 1.54) is 37.9 Å². The van der Waals surface area contributed by atoms with Crippen molar-refractivity contribution in [2.75, 3.05) is 19.7 Å². The van der Waals surface area contributed by atoms with Crippen molar-refractivity contribution in [3.8, 4) is 0 Å². The zero-order chi connectivity index (χ0) is 19.9. The molecule has 0 unspecified atom stereocenters. The second-order valence-electron chi connectivity index (χ2n) is 7.50. The van der Waals surface area contributed by atoms with Crippen molar-refractivity contribution >= 4 is 27.5 Å². The molecule has 1 fully saturated rings. The Morgan fingerprint density at radius 1 is 1.03 bits per heavy atom. The van der Waals surface area contributed by atoms with Gasteiger partial charge in [0.15, 0.2) is 0 Å². The summed E-state index contributed by atoms with van der Waals surface area (Å²) in [5, 5.41) is 3.81. The highest BCUT2D eigenvalue weighted by Gasteiger charge is 2.10. The third-order valence-corrected chi connectivity index (χ3v) is 6.17. The molecule has 1 saturated heterocycles. The second kappa shape index (κ2) is 9.96. The molecule has 5 nitrogen and oxygen atoms in total. The van der Waals surface area contributed by atoms with Gasteiger partial charge >= 0.3 is 0 Å². The van der Waals surface area contributed by atoms with E-state index in [1.54, 1.807) is 11.3 Å². The highest BCUT2D eigenvalue weighted by molar-refractivity contribution is 7.18. The predicted molar refractivity (Wildman–Crippen MR) is 117 cm³/mol. The Morgan fingerprint density at radius 3 is 2.59 bits per heavy atom. The molecule has 0 spiro atoms. The molecule has 1 aromatic heterocycles. The molecule has 1 amide bonds. The smallest absolute Gasteiger partial charge is 0.246 e. The maximum absolute atomic E-state index is 12.0.